The second kappa shape index (κ2) is 7.77. The number of likely N-dealkylation sites (tertiary alicyclic amines) is 1. The van der Waals surface area contributed by atoms with Crippen LogP contribution in [0.1, 0.15) is 51.4 Å². The Kier molecular flexibility index (Phi) is 6.01. The molecule has 118 valence electrons. The van der Waals surface area contributed by atoms with Gasteiger partial charge < -0.3 is 10.1 Å². The van der Waals surface area contributed by atoms with Crippen molar-refractivity contribution in [2.45, 2.75) is 63.0 Å². The van der Waals surface area contributed by atoms with Gasteiger partial charge in [0.2, 0.25) is 5.91 Å². The maximum absolute atomic E-state index is 12.3. The van der Waals surface area contributed by atoms with Crippen LogP contribution in [0.25, 0.3) is 0 Å². The van der Waals surface area contributed by atoms with Crippen LogP contribution >= 0.6 is 0 Å². The summed E-state index contributed by atoms with van der Waals surface area (Å²) in [4.78, 5) is 14.4. The Bertz CT molecular complexity index is 375. The van der Waals surface area contributed by atoms with Crippen LogP contribution in [0.15, 0.2) is 0 Å². The topological polar surface area (TPSA) is 65.4 Å². The first-order valence-electron chi connectivity index (χ1n) is 8.15. The van der Waals surface area contributed by atoms with E-state index in [2.05, 4.69) is 16.3 Å². The third-order valence-corrected chi connectivity index (χ3v) is 4.78. The molecule has 1 saturated heterocycles. The third-order valence-electron chi connectivity index (χ3n) is 4.78. The SMILES string of the molecule is COC1CCN(CC(=O)NC2(C#N)CCCCCC2)CC1. The number of nitrogens with zero attached hydrogens (tertiary/aromatic N) is 2. The van der Waals surface area contributed by atoms with E-state index in [1.165, 1.54) is 12.8 Å². The number of hydrogen-bond donors (Lipinski definition) is 1. The Morgan fingerprint density at radius 1 is 1.29 bits per heavy atom. The van der Waals surface area contributed by atoms with Crippen molar-refractivity contribution < 1.29 is 9.53 Å². The van der Waals surface area contributed by atoms with Crippen LogP contribution < -0.4 is 5.32 Å². The highest BCUT2D eigenvalue weighted by molar-refractivity contribution is 5.79. The Balaban J connectivity index is 1.82. The summed E-state index contributed by atoms with van der Waals surface area (Å²) in [5.41, 5.74) is -0.627. The summed E-state index contributed by atoms with van der Waals surface area (Å²) in [5.74, 6) is -0.00526. The van der Waals surface area contributed by atoms with Gasteiger partial charge in [-0.15, -0.1) is 0 Å². The Labute approximate surface area is 127 Å². The van der Waals surface area contributed by atoms with Gasteiger partial charge in [-0.05, 0) is 25.7 Å². The third kappa shape index (κ3) is 4.69. The lowest BCUT2D eigenvalue weighted by Gasteiger charge is -2.32. The minimum absolute atomic E-state index is 0.00526. The number of carbonyl (C=O) groups is 1. The zero-order valence-corrected chi connectivity index (χ0v) is 13.1. The fraction of sp³-hybridized carbons (Fsp3) is 0.875. The summed E-state index contributed by atoms with van der Waals surface area (Å²) < 4.78 is 5.34. The van der Waals surface area contributed by atoms with E-state index in [9.17, 15) is 10.1 Å². The van der Waals surface area contributed by atoms with Crippen molar-refractivity contribution in [3.8, 4) is 6.07 Å². The second-order valence-corrected chi connectivity index (χ2v) is 6.37. The molecule has 21 heavy (non-hydrogen) atoms. The molecule has 0 spiro atoms. The van der Waals surface area contributed by atoms with Crippen molar-refractivity contribution in [1.82, 2.24) is 10.2 Å². The predicted octanol–water partition coefficient (Wildman–Crippen LogP) is 1.83. The van der Waals surface area contributed by atoms with E-state index >= 15 is 0 Å². The highest BCUT2D eigenvalue weighted by Gasteiger charge is 2.33. The van der Waals surface area contributed by atoms with E-state index in [4.69, 9.17) is 4.74 Å². The quantitative estimate of drug-likeness (QED) is 0.803. The highest BCUT2D eigenvalue weighted by atomic mass is 16.5. The molecule has 0 aromatic rings. The number of carbonyl (C=O) groups excluding carboxylic acids is 1. The monoisotopic (exact) mass is 293 g/mol. The molecule has 1 amide bonds. The van der Waals surface area contributed by atoms with E-state index in [0.717, 1.165) is 51.6 Å². The molecular formula is C16H27N3O2. The van der Waals surface area contributed by atoms with E-state index in [1.807, 2.05) is 0 Å². The molecule has 5 heteroatoms. The van der Waals surface area contributed by atoms with E-state index in [1.54, 1.807) is 7.11 Å². The van der Waals surface area contributed by atoms with Crippen LogP contribution in [0.2, 0.25) is 0 Å². The molecule has 0 radical (unpaired) electrons. The summed E-state index contributed by atoms with van der Waals surface area (Å²) in [6.45, 7) is 2.19. The molecule has 2 rings (SSSR count). The van der Waals surface area contributed by atoms with Gasteiger partial charge in [-0.1, -0.05) is 25.7 Å². The smallest absolute Gasteiger partial charge is 0.235 e. The number of nitrogens with one attached hydrogen (secondary N) is 1. The number of piperidine rings is 1. The number of rotatable bonds is 4. The van der Waals surface area contributed by atoms with Crippen LogP contribution in [0.5, 0.6) is 0 Å². The molecule has 0 unspecified atom stereocenters. The maximum Gasteiger partial charge on any atom is 0.235 e. The Hall–Kier alpha value is -1.12. The minimum Gasteiger partial charge on any atom is -0.381 e. The first-order valence-corrected chi connectivity index (χ1v) is 8.15. The molecule has 2 aliphatic rings. The number of amides is 1. The van der Waals surface area contributed by atoms with Gasteiger partial charge in [0.1, 0.15) is 5.54 Å². The molecule has 1 aliphatic carbocycles. The summed E-state index contributed by atoms with van der Waals surface area (Å²) in [7, 11) is 1.75. The molecule has 1 saturated carbocycles. The zero-order chi connectivity index (χ0) is 15.1. The van der Waals surface area contributed by atoms with Crippen molar-refractivity contribution in [2.75, 3.05) is 26.7 Å². The summed E-state index contributed by atoms with van der Waals surface area (Å²) >= 11 is 0. The number of nitriles is 1. The van der Waals surface area contributed by atoms with Crippen LogP contribution in [-0.4, -0.2) is 49.2 Å². The summed E-state index contributed by atoms with van der Waals surface area (Å²) in [6.07, 6.45) is 8.28. The van der Waals surface area contributed by atoms with Gasteiger partial charge in [0, 0.05) is 20.2 Å². The fourth-order valence-corrected chi connectivity index (χ4v) is 3.41. The number of ether oxygens (including phenoxy) is 1. The van der Waals surface area contributed by atoms with Crippen molar-refractivity contribution in [2.24, 2.45) is 0 Å². The Morgan fingerprint density at radius 2 is 1.90 bits per heavy atom. The van der Waals surface area contributed by atoms with Gasteiger partial charge in [-0.2, -0.15) is 5.26 Å². The summed E-state index contributed by atoms with van der Waals surface area (Å²) in [6, 6.07) is 2.37. The molecule has 0 aromatic heterocycles. The zero-order valence-electron chi connectivity index (χ0n) is 13.1. The van der Waals surface area contributed by atoms with E-state index in [-0.39, 0.29) is 5.91 Å². The van der Waals surface area contributed by atoms with Crippen molar-refractivity contribution in [1.29, 1.82) is 5.26 Å². The standard InChI is InChI=1S/C16H27N3O2/c1-21-14-6-10-19(11-7-14)12-15(20)18-16(13-17)8-4-2-3-5-9-16/h14H,2-12H2,1H3,(H,18,20). The Morgan fingerprint density at radius 3 is 2.43 bits per heavy atom. The lowest BCUT2D eigenvalue weighted by atomic mass is 9.92. The average Bonchev–Trinajstić information content (AvgIpc) is 2.74. The number of methoxy groups -OCH3 is 1. The first-order chi connectivity index (χ1) is 10.2. The number of hydrogen-bond acceptors (Lipinski definition) is 4. The van der Waals surface area contributed by atoms with Crippen LogP contribution in [0.4, 0.5) is 0 Å². The molecule has 0 aromatic carbocycles. The van der Waals surface area contributed by atoms with Gasteiger partial charge in [0.05, 0.1) is 18.7 Å². The second-order valence-electron chi connectivity index (χ2n) is 6.37. The van der Waals surface area contributed by atoms with Crippen molar-refractivity contribution in [3.05, 3.63) is 0 Å². The van der Waals surface area contributed by atoms with Gasteiger partial charge >= 0.3 is 0 Å². The van der Waals surface area contributed by atoms with Crippen LogP contribution in [-0.2, 0) is 9.53 Å². The van der Waals surface area contributed by atoms with Gasteiger partial charge in [0.25, 0.3) is 0 Å². The molecular weight excluding hydrogens is 266 g/mol. The molecule has 1 aliphatic heterocycles. The molecule has 1 heterocycles. The van der Waals surface area contributed by atoms with Crippen LogP contribution in [0.3, 0.4) is 0 Å². The van der Waals surface area contributed by atoms with E-state index < -0.39 is 5.54 Å². The van der Waals surface area contributed by atoms with E-state index in [0.29, 0.717) is 12.6 Å². The minimum atomic E-state index is -0.627. The molecule has 5 nitrogen and oxygen atoms in total. The van der Waals surface area contributed by atoms with Crippen LogP contribution in [0, 0.1) is 11.3 Å². The fourth-order valence-electron chi connectivity index (χ4n) is 3.41. The molecule has 0 atom stereocenters. The normalized spacial score (nSPS) is 24.0. The molecule has 0 bridgehead atoms. The van der Waals surface area contributed by atoms with Gasteiger partial charge in [-0.25, -0.2) is 0 Å². The highest BCUT2D eigenvalue weighted by Crippen LogP contribution is 2.26. The van der Waals surface area contributed by atoms with Gasteiger partial charge in [-0.3, -0.25) is 9.69 Å². The first kappa shape index (κ1) is 16.3. The largest absolute Gasteiger partial charge is 0.381 e. The molecule has 2 fully saturated rings. The van der Waals surface area contributed by atoms with Gasteiger partial charge in [0.15, 0.2) is 0 Å². The summed E-state index contributed by atoms with van der Waals surface area (Å²) in [5, 5.41) is 12.5. The van der Waals surface area contributed by atoms with Crippen molar-refractivity contribution >= 4 is 5.91 Å². The average molecular weight is 293 g/mol. The lowest BCUT2D eigenvalue weighted by Crippen LogP contribution is -2.51. The predicted molar refractivity (Wildman–Crippen MR) is 80.7 cm³/mol. The maximum atomic E-state index is 12.3. The molecule has 1 N–H and O–H groups in total. The van der Waals surface area contributed by atoms with Crippen molar-refractivity contribution in [3.63, 3.8) is 0 Å². The lowest BCUT2D eigenvalue weighted by molar-refractivity contribution is -0.124.